The molecule has 0 saturated heterocycles. The number of nitrogens with two attached hydrogens (primary N) is 1. The van der Waals surface area contributed by atoms with Crippen LogP contribution in [0.15, 0.2) is 0 Å². The van der Waals surface area contributed by atoms with E-state index in [4.69, 9.17) is 5.73 Å². The molecule has 0 aromatic rings. The molecule has 0 bridgehead atoms. The molecule has 1 amide bonds. The Morgan fingerprint density at radius 1 is 1.40 bits per heavy atom. The molecule has 0 aliphatic carbocycles. The zero-order valence-corrected chi connectivity index (χ0v) is 11.1. The van der Waals surface area contributed by atoms with E-state index in [1.165, 1.54) is 0 Å². The van der Waals surface area contributed by atoms with Gasteiger partial charge in [0.15, 0.2) is 0 Å². The second-order valence-electron chi connectivity index (χ2n) is 4.15. The zero-order chi connectivity index (χ0) is 11.8. The summed E-state index contributed by atoms with van der Waals surface area (Å²) in [5, 5.41) is 3.00. The van der Waals surface area contributed by atoms with Crippen LogP contribution >= 0.6 is 11.8 Å². The Bertz CT molecular complexity index is 185. The molecule has 0 aliphatic heterocycles. The predicted octanol–water partition coefficient (Wildman–Crippen LogP) is 1.76. The van der Waals surface area contributed by atoms with Crippen molar-refractivity contribution in [2.45, 2.75) is 57.9 Å². The first-order valence-corrected chi connectivity index (χ1v) is 6.69. The van der Waals surface area contributed by atoms with Gasteiger partial charge >= 0.3 is 0 Å². The fraction of sp³-hybridized carbons (Fsp3) is 0.909. The molecule has 0 rings (SSSR count). The maximum absolute atomic E-state index is 11.7. The number of hydrogen-bond acceptors (Lipinski definition) is 3. The third-order valence-electron chi connectivity index (χ3n) is 2.09. The van der Waals surface area contributed by atoms with Gasteiger partial charge in [-0.2, -0.15) is 0 Å². The van der Waals surface area contributed by atoms with Crippen LogP contribution in [0.4, 0.5) is 0 Å². The van der Waals surface area contributed by atoms with Crippen LogP contribution in [-0.2, 0) is 4.79 Å². The largest absolute Gasteiger partial charge is 0.353 e. The summed E-state index contributed by atoms with van der Waals surface area (Å²) in [6.45, 7) is 8.06. The van der Waals surface area contributed by atoms with Crippen molar-refractivity contribution in [3.63, 3.8) is 0 Å². The van der Waals surface area contributed by atoms with Gasteiger partial charge in [0.05, 0.1) is 5.25 Å². The predicted molar refractivity (Wildman–Crippen MR) is 68.1 cm³/mol. The normalized spacial score (nSPS) is 16.9. The molecule has 3 nitrogen and oxygen atoms in total. The summed E-state index contributed by atoms with van der Waals surface area (Å²) in [7, 11) is 0. The highest BCUT2D eigenvalue weighted by atomic mass is 32.2. The van der Waals surface area contributed by atoms with Crippen molar-refractivity contribution < 1.29 is 4.79 Å². The van der Waals surface area contributed by atoms with Gasteiger partial charge in [0.25, 0.3) is 0 Å². The Hall–Kier alpha value is -0.220. The summed E-state index contributed by atoms with van der Waals surface area (Å²) in [6.07, 6.45) is 2.14. The van der Waals surface area contributed by atoms with Gasteiger partial charge in [-0.3, -0.25) is 4.79 Å². The maximum atomic E-state index is 11.7. The van der Waals surface area contributed by atoms with Gasteiger partial charge in [0.2, 0.25) is 5.91 Å². The molecule has 0 fully saturated rings. The van der Waals surface area contributed by atoms with Gasteiger partial charge in [-0.05, 0) is 27.2 Å². The summed E-state index contributed by atoms with van der Waals surface area (Å²) < 4.78 is 0. The molecule has 0 saturated carbocycles. The maximum Gasteiger partial charge on any atom is 0.233 e. The van der Waals surface area contributed by atoms with E-state index >= 15 is 0 Å². The minimum absolute atomic E-state index is 0.00435. The number of hydrogen-bond donors (Lipinski definition) is 2. The molecule has 90 valence electrons. The van der Waals surface area contributed by atoms with Gasteiger partial charge in [0.1, 0.15) is 0 Å². The lowest BCUT2D eigenvalue weighted by molar-refractivity contribution is -0.120. The van der Waals surface area contributed by atoms with Crippen LogP contribution in [0.25, 0.3) is 0 Å². The van der Waals surface area contributed by atoms with Crippen molar-refractivity contribution in [3.8, 4) is 0 Å². The van der Waals surface area contributed by atoms with Crippen LogP contribution in [0.1, 0.15) is 40.5 Å². The summed E-state index contributed by atoms with van der Waals surface area (Å²) in [6, 6.07) is 0.430. The van der Waals surface area contributed by atoms with Crippen LogP contribution < -0.4 is 11.1 Å². The van der Waals surface area contributed by atoms with Crippen molar-refractivity contribution in [2.75, 3.05) is 5.75 Å². The van der Waals surface area contributed by atoms with E-state index in [1.807, 2.05) is 20.8 Å². The monoisotopic (exact) mass is 232 g/mol. The van der Waals surface area contributed by atoms with E-state index in [1.54, 1.807) is 11.8 Å². The summed E-state index contributed by atoms with van der Waals surface area (Å²) in [5.41, 5.74) is 5.64. The molecule has 3 N–H and O–H groups in total. The van der Waals surface area contributed by atoms with Gasteiger partial charge in [-0.1, -0.05) is 13.3 Å². The van der Waals surface area contributed by atoms with Crippen molar-refractivity contribution in [1.29, 1.82) is 0 Å². The molecular weight excluding hydrogens is 208 g/mol. The number of thioether (sulfide) groups is 1. The Kier molecular flexibility index (Phi) is 7.88. The Morgan fingerprint density at radius 3 is 2.47 bits per heavy atom. The second-order valence-corrected chi connectivity index (χ2v) is 5.52. The molecule has 0 radical (unpaired) electrons. The smallest absolute Gasteiger partial charge is 0.233 e. The lowest BCUT2D eigenvalue weighted by atomic mass is 10.2. The van der Waals surface area contributed by atoms with E-state index in [-0.39, 0.29) is 23.2 Å². The SMILES string of the molecule is CCCC(C)NC(=O)C(C)SCC(C)N. The molecular formula is C11H24N2OS. The van der Waals surface area contributed by atoms with E-state index < -0.39 is 0 Å². The minimum Gasteiger partial charge on any atom is -0.353 e. The van der Waals surface area contributed by atoms with Crippen LogP contribution in [-0.4, -0.2) is 29.0 Å². The van der Waals surface area contributed by atoms with E-state index in [0.717, 1.165) is 18.6 Å². The van der Waals surface area contributed by atoms with Crippen molar-refractivity contribution in [1.82, 2.24) is 5.32 Å². The number of rotatable bonds is 7. The van der Waals surface area contributed by atoms with Crippen molar-refractivity contribution >= 4 is 17.7 Å². The van der Waals surface area contributed by atoms with Gasteiger partial charge in [0, 0.05) is 17.8 Å². The molecule has 15 heavy (non-hydrogen) atoms. The van der Waals surface area contributed by atoms with Crippen LogP contribution in [0.5, 0.6) is 0 Å². The number of amides is 1. The fourth-order valence-electron chi connectivity index (χ4n) is 1.24. The van der Waals surface area contributed by atoms with Gasteiger partial charge in [-0.25, -0.2) is 0 Å². The second kappa shape index (κ2) is 7.99. The molecule has 0 aromatic carbocycles. The summed E-state index contributed by atoms with van der Waals surface area (Å²) in [5.74, 6) is 0.957. The number of nitrogens with one attached hydrogen (secondary N) is 1. The molecule has 0 aliphatic rings. The van der Waals surface area contributed by atoms with Crippen LogP contribution in [0, 0.1) is 0 Å². The topological polar surface area (TPSA) is 55.1 Å². The molecule has 0 spiro atoms. The first-order chi connectivity index (χ1) is 6.97. The standard InChI is InChI=1S/C11H24N2OS/c1-5-6-9(3)13-11(14)10(4)15-7-8(2)12/h8-10H,5-7,12H2,1-4H3,(H,13,14). The zero-order valence-electron chi connectivity index (χ0n) is 10.2. The lowest BCUT2D eigenvalue weighted by Crippen LogP contribution is -2.38. The molecule has 4 heteroatoms. The molecule has 0 heterocycles. The molecule has 3 unspecified atom stereocenters. The highest BCUT2D eigenvalue weighted by Crippen LogP contribution is 2.11. The quantitative estimate of drug-likeness (QED) is 0.703. The highest BCUT2D eigenvalue weighted by Gasteiger charge is 2.15. The number of carbonyl (C=O) groups is 1. The first kappa shape index (κ1) is 14.8. The van der Waals surface area contributed by atoms with Gasteiger partial charge < -0.3 is 11.1 Å². The fourth-order valence-corrected chi connectivity index (χ4v) is 2.05. The summed E-state index contributed by atoms with van der Waals surface area (Å²) >= 11 is 1.62. The van der Waals surface area contributed by atoms with Crippen LogP contribution in [0.3, 0.4) is 0 Å². The first-order valence-electron chi connectivity index (χ1n) is 5.64. The lowest BCUT2D eigenvalue weighted by Gasteiger charge is -2.17. The number of carbonyl (C=O) groups excluding carboxylic acids is 1. The third kappa shape index (κ3) is 7.68. The minimum atomic E-state index is -0.00435. The Labute approximate surface area is 97.6 Å². The molecule has 0 aromatic heterocycles. The van der Waals surface area contributed by atoms with Crippen LogP contribution in [0.2, 0.25) is 0 Å². The third-order valence-corrected chi connectivity index (χ3v) is 3.52. The Balaban J connectivity index is 3.78. The summed E-state index contributed by atoms with van der Waals surface area (Å²) in [4.78, 5) is 11.7. The average Bonchev–Trinajstić information content (AvgIpc) is 2.14. The van der Waals surface area contributed by atoms with E-state index in [0.29, 0.717) is 0 Å². The molecule has 3 atom stereocenters. The van der Waals surface area contributed by atoms with Crippen molar-refractivity contribution in [3.05, 3.63) is 0 Å². The Morgan fingerprint density at radius 2 is 2.00 bits per heavy atom. The average molecular weight is 232 g/mol. The highest BCUT2D eigenvalue weighted by molar-refractivity contribution is 8.00. The van der Waals surface area contributed by atoms with E-state index in [9.17, 15) is 4.79 Å². The van der Waals surface area contributed by atoms with Gasteiger partial charge in [-0.15, -0.1) is 11.8 Å². The van der Waals surface area contributed by atoms with E-state index in [2.05, 4.69) is 12.2 Å². The van der Waals surface area contributed by atoms with Crippen molar-refractivity contribution in [2.24, 2.45) is 5.73 Å².